The van der Waals surface area contributed by atoms with Crippen LogP contribution in [0.15, 0.2) is 78.9 Å². The lowest BCUT2D eigenvalue weighted by atomic mass is 9.98. The SMILES string of the molecule is CC(C)C[C@H](NC(=O)OCC1c2ccccc2-c2ccccc21)C(=O)N[C@@H](CCC(=O)C=[N+]=N)C(=O)N[C@@H](Cc1ccccc1)C(=O)NCCOCCOCCOCCOCCC(=O)O. The Morgan fingerprint density at radius 3 is 1.78 bits per heavy atom. The highest BCUT2D eigenvalue weighted by Gasteiger charge is 2.33. The quantitative estimate of drug-likeness (QED) is 0.0235. The van der Waals surface area contributed by atoms with Crippen molar-refractivity contribution in [3.05, 3.63) is 95.6 Å². The van der Waals surface area contributed by atoms with E-state index in [-0.39, 0.29) is 90.1 Å². The van der Waals surface area contributed by atoms with Crippen molar-refractivity contribution in [1.29, 1.82) is 5.53 Å². The summed E-state index contributed by atoms with van der Waals surface area (Å²) in [5, 5.41) is 19.5. The Labute approximate surface area is 378 Å². The van der Waals surface area contributed by atoms with Gasteiger partial charge in [-0.05, 0) is 46.6 Å². The van der Waals surface area contributed by atoms with Gasteiger partial charge in [0, 0.05) is 25.3 Å². The molecule has 18 nitrogen and oxygen atoms in total. The summed E-state index contributed by atoms with van der Waals surface area (Å²) in [6.07, 6.45) is -0.204. The first-order valence-electron chi connectivity index (χ1n) is 21.8. The van der Waals surface area contributed by atoms with Crippen LogP contribution in [0.2, 0.25) is 0 Å². The maximum absolute atomic E-state index is 14.0. The van der Waals surface area contributed by atoms with E-state index in [1.54, 1.807) is 24.3 Å². The summed E-state index contributed by atoms with van der Waals surface area (Å²) in [7, 11) is 0. The molecule has 4 amide bonds. The molecule has 1 aliphatic carbocycles. The number of carboxylic acids is 1. The third-order valence-electron chi connectivity index (χ3n) is 10.2. The summed E-state index contributed by atoms with van der Waals surface area (Å²) >= 11 is 0. The molecule has 4 rings (SSSR count). The molecule has 3 aromatic rings. The maximum Gasteiger partial charge on any atom is 0.407 e. The first-order valence-corrected chi connectivity index (χ1v) is 21.8. The number of alkyl carbamates (subject to hydrolysis) is 1. The topological polar surface area (TPSA) is 255 Å². The smallest absolute Gasteiger partial charge is 0.407 e. The molecule has 6 N–H and O–H groups in total. The number of carbonyl (C=O) groups is 6. The molecule has 0 bridgehead atoms. The molecule has 0 aromatic heterocycles. The lowest BCUT2D eigenvalue weighted by Crippen LogP contribution is -2.57. The van der Waals surface area contributed by atoms with Gasteiger partial charge in [-0.1, -0.05) is 92.7 Å². The van der Waals surface area contributed by atoms with Crippen molar-refractivity contribution in [2.75, 3.05) is 66.0 Å². The number of aliphatic carboxylic acids is 1. The number of carboxylic acid groups (broad SMARTS) is 1. The van der Waals surface area contributed by atoms with Gasteiger partial charge in [0.1, 0.15) is 24.7 Å². The van der Waals surface area contributed by atoms with Gasteiger partial charge in [-0.2, -0.15) is 0 Å². The van der Waals surface area contributed by atoms with E-state index in [1.807, 2.05) is 68.4 Å². The molecule has 18 heteroatoms. The predicted molar refractivity (Wildman–Crippen MR) is 237 cm³/mol. The largest absolute Gasteiger partial charge is 0.481 e. The monoisotopic (exact) mass is 901 g/mol. The summed E-state index contributed by atoms with van der Waals surface area (Å²) in [6.45, 7) is 5.93. The summed E-state index contributed by atoms with van der Waals surface area (Å²) in [5.41, 5.74) is 12.0. The van der Waals surface area contributed by atoms with Crippen molar-refractivity contribution in [3.8, 4) is 11.1 Å². The fraction of sp³-hybridized carbons (Fsp3) is 0.468. The van der Waals surface area contributed by atoms with Gasteiger partial charge in [-0.15, -0.1) is 0 Å². The highest BCUT2D eigenvalue weighted by molar-refractivity contribution is 6.25. The molecule has 0 radical (unpaired) electrons. The summed E-state index contributed by atoms with van der Waals surface area (Å²) in [5.74, 6) is -3.67. The normalized spacial score (nSPS) is 13.0. The number of hydrogen-bond donors (Lipinski definition) is 6. The maximum atomic E-state index is 14.0. The third kappa shape index (κ3) is 18.4. The van der Waals surface area contributed by atoms with E-state index in [0.717, 1.165) is 34.0 Å². The Balaban J connectivity index is 1.32. The summed E-state index contributed by atoms with van der Waals surface area (Å²) in [4.78, 5) is 80.8. The van der Waals surface area contributed by atoms with Gasteiger partial charge in [0.25, 0.3) is 0 Å². The number of benzene rings is 3. The van der Waals surface area contributed by atoms with Crippen molar-refractivity contribution in [2.45, 2.75) is 70.0 Å². The molecule has 350 valence electrons. The molecule has 1 aliphatic rings. The number of Topliss-reactive ketones (excluding diaryl/α,β-unsaturated/α-hetero) is 1. The summed E-state index contributed by atoms with van der Waals surface area (Å²) < 4.78 is 27.3. The molecular weight excluding hydrogens is 841 g/mol. The zero-order chi connectivity index (χ0) is 46.8. The number of rotatable bonds is 31. The third-order valence-corrected chi connectivity index (χ3v) is 10.2. The molecule has 3 atom stereocenters. The standard InChI is InChI=1S/C47H60N6O12/c1-32(2)28-41(53-47(60)65-31-39-37-14-8-6-12-35(37)36-13-7-9-15-38(36)39)46(59)51-40(17-16-34(54)30-50-48)45(58)52-42(29-33-10-4-3-5-11-33)44(57)49-19-21-62-23-25-64-27-26-63-24-22-61-20-18-43(55)56/h3-15,30,32,39-42,48H,16-29,31H2,1-2H3,(H4-,49,51,52,53,55,56,57,58,59,60)/p+1/t40-,41-,42-/m0/s1. The van der Waals surface area contributed by atoms with Crippen molar-refractivity contribution in [1.82, 2.24) is 21.3 Å². The molecule has 0 saturated heterocycles. The Morgan fingerprint density at radius 2 is 1.20 bits per heavy atom. The number of ketones is 1. The van der Waals surface area contributed by atoms with E-state index in [0.29, 0.717) is 19.8 Å². The van der Waals surface area contributed by atoms with Gasteiger partial charge in [-0.25, -0.2) is 4.79 Å². The van der Waals surface area contributed by atoms with E-state index in [1.165, 1.54) is 0 Å². The molecule has 0 saturated carbocycles. The molecule has 3 aromatic carbocycles. The van der Waals surface area contributed by atoms with Crippen molar-refractivity contribution < 1.29 is 62.3 Å². The lowest BCUT2D eigenvalue weighted by molar-refractivity contribution is -0.138. The number of carbonyl (C=O) groups excluding carboxylic acids is 5. The zero-order valence-electron chi connectivity index (χ0n) is 37.0. The van der Waals surface area contributed by atoms with Crippen LogP contribution in [-0.2, 0) is 54.1 Å². The van der Waals surface area contributed by atoms with Crippen molar-refractivity contribution in [2.24, 2.45) is 5.92 Å². The van der Waals surface area contributed by atoms with Crippen LogP contribution in [0.5, 0.6) is 0 Å². The number of ether oxygens (including phenoxy) is 5. The van der Waals surface area contributed by atoms with Crippen LogP contribution in [0.3, 0.4) is 0 Å². The Hall–Kier alpha value is -6.30. The van der Waals surface area contributed by atoms with E-state index in [9.17, 15) is 28.8 Å². The van der Waals surface area contributed by atoms with Crippen molar-refractivity contribution in [3.63, 3.8) is 0 Å². The van der Waals surface area contributed by atoms with Gasteiger partial charge in [0.15, 0.2) is 0 Å². The lowest BCUT2D eigenvalue weighted by Gasteiger charge is -2.26. The zero-order valence-corrected chi connectivity index (χ0v) is 37.0. The van der Waals surface area contributed by atoms with Gasteiger partial charge in [0.05, 0.1) is 69.6 Å². The Bertz CT molecular complexity index is 2020. The molecular formula is C47H61N6O12+. The minimum atomic E-state index is -1.32. The van der Waals surface area contributed by atoms with Crippen LogP contribution in [0.4, 0.5) is 4.79 Å². The second kappa shape index (κ2) is 28.5. The van der Waals surface area contributed by atoms with Crippen LogP contribution >= 0.6 is 0 Å². The van der Waals surface area contributed by atoms with Crippen LogP contribution in [0.1, 0.15) is 62.1 Å². The fourth-order valence-electron chi connectivity index (χ4n) is 7.07. The molecule has 0 spiro atoms. The average Bonchev–Trinajstić information content (AvgIpc) is 3.61. The predicted octanol–water partition coefficient (Wildman–Crippen LogP) is 3.47. The molecule has 0 unspecified atom stereocenters. The van der Waals surface area contributed by atoms with Crippen LogP contribution in [0, 0.1) is 11.4 Å². The van der Waals surface area contributed by atoms with Crippen molar-refractivity contribution >= 4 is 41.8 Å². The second-order valence-corrected chi connectivity index (χ2v) is 15.6. The van der Waals surface area contributed by atoms with E-state index >= 15 is 0 Å². The first kappa shape index (κ1) is 51.3. The van der Waals surface area contributed by atoms with Crippen LogP contribution in [0.25, 0.3) is 11.1 Å². The van der Waals surface area contributed by atoms with Gasteiger partial charge < -0.3 is 50.1 Å². The average molecular weight is 902 g/mol. The molecule has 65 heavy (non-hydrogen) atoms. The van der Waals surface area contributed by atoms with Crippen LogP contribution in [-0.4, -0.2) is 136 Å². The highest BCUT2D eigenvalue weighted by Crippen LogP contribution is 2.44. The summed E-state index contributed by atoms with van der Waals surface area (Å²) in [6, 6.07) is 21.4. The fourth-order valence-corrected chi connectivity index (χ4v) is 7.07. The number of nitrogens with one attached hydrogen (secondary N) is 5. The van der Waals surface area contributed by atoms with E-state index in [2.05, 4.69) is 26.1 Å². The van der Waals surface area contributed by atoms with E-state index < -0.39 is 53.7 Å². The van der Waals surface area contributed by atoms with Gasteiger partial charge >= 0.3 is 18.3 Å². The minimum Gasteiger partial charge on any atom is -0.481 e. The molecule has 0 heterocycles. The number of hydrogen-bond acceptors (Lipinski definition) is 12. The number of amides is 4. The Morgan fingerprint density at radius 1 is 0.662 bits per heavy atom. The minimum absolute atomic E-state index is 0.0282. The number of fused-ring (bicyclic) bond motifs is 3. The first-order chi connectivity index (χ1) is 31.5. The Kier molecular flexibility index (Phi) is 22.5. The second-order valence-electron chi connectivity index (χ2n) is 15.6. The highest BCUT2D eigenvalue weighted by atomic mass is 16.6. The van der Waals surface area contributed by atoms with E-state index in [4.69, 9.17) is 34.3 Å². The molecule has 0 fully saturated rings. The van der Waals surface area contributed by atoms with Gasteiger partial charge in [-0.3, -0.25) is 24.0 Å². The van der Waals surface area contributed by atoms with Crippen LogP contribution < -0.4 is 21.3 Å². The molecule has 0 aliphatic heterocycles. The number of nitrogens with zero attached hydrogens (tertiary/aromatic N) is 1. The van der Waals surface area contributed by atoms with Gasteiger partial charge in [0.2, 0.25) is 23.5 Å².